The molecule has 0 aromatic carbocycles. The highest BCUT2D eigenvalue weighted by Gasteiger charge is 2.31. The summed E-state index contributed by atoms with van der Waals surface area (Å²) in [5.74, 6) is -0.856. The molecule has 1 aromatic rings. The van der Waals surface area contributed by atoms with Gasteiger partial charge in [0.15, 0.2) is 11.2 Å². The van der Waals surface area contributed by atoms with Crippen LogP contribution in [0.25, 0.3) is 0 Å². The number of carboxylic acids is 1. The third-order valence-corrected chi connectivity index (χ3v) is 3.79. The van der Waals surface area contributed by atoms with Crippen LogP contribution in [0, 0.1) is 13.8 Å². The van der Waals surface area contributed by atoms with Crippen molar-refractivity contribution in [2.24, 2.45) is 0 Å². The van der Waals surface area contributed by atoms with Crippen LogP contribution < -0.4 is 4.90 Å². The van der Waals surface area contributed by atoms with Gasteiger partial charge in [0.2, 0.25) is 0 Å². The molecule has 0 radical (unpaired) electrons. The zero-order valence-corrected chi connectivity index (χ0v) is 10.1. The van der Waals surface area contributed by atoms with Gasteiger partial charge in [0.25, 0.3) is 0 Å². The Balaban J connectivity index is 2.26. The Labute approximate surface area is 97.7 Å². The van der Waals surface area contributed by atoms with Crippen molar-refractivity contribution in [1.82, 2.24) is 4.98 Å². The number of rotatable bonds is 2. The summed E-state index contributed by atoms with van der Waals surface area (Å²) >= 11 is 1.54. The first-order valence-electron chi connectivity index (χ1n) is 5.11. The van der Waals surface area contributed by atoms with Crippen LogP contribution in [-0.4, -0.2) is 41.9 Å². The van der Waals surface area contributed by atoms with E-state index in [-0.39, 0.29) is 6.61 Å². The van der Waals surface area contributed by atoms with E-state index in [1.807, 2.05) is 18.7 Å². The van der Waals surface area contributed by atoms with E-state index in [4.69, 9.17) is 9.84 Å². The van der Waals surface area contributed by atoms with Crippen LogP contribution in [0.5, 0.6) is 0 Å². The fourth-order valence-corrected chi connectivity index (χ4v) is 2.60. The summed E-state index contributed by atoms with van der Waals surface area (Å²) < 4.78 is 5.19. The Hall–Kier alpha value is -1.14. The van der Waals surface area contributed by atoms with E-state index in [2.05, 4.69) is 4.98 Å². The molecule has 1 aromatic heterocycles. The van der Waals surface area contributed by atoms with Crippen molar-refractivity contribution in [1.29, 1.82) is 0 Å². The molecular formula is C10H14N2O3S. The molecule has 88 valence electrons. The van der Waals surface area contributed by atoms with Gasteiger partial charge in [-0.1, -0.05) is 0 Å². The quantitative estimate of drug-likeness (QED) is 0.840. The van der Waals surface area contributed by atoms with Crippen LogP contribution in [0.3, 0.4) is 0 Å². The second-order valence-electron chi connectivity index (χ2n) is 3.76. The zero-order valence-electron chi connectivity index (χ0n) is 9.27. The second-order valence-corrected chi connectivity index (χ2v) is 4.94. The Bertz CT molecular complexity index is 385. The Kier molecular flexibility index (Phi) is 3.11. The van der Waals surface area contributed by atoms with Gasteiger partial charge in [-0.05, 0) is 13.8 Å². The van der Waals surface area contributed by atoms with E-state index >= 15 is 0 Å². The number of morpholine rings is 1. The van der Waals surface area contributed by atoms with Crippen molar-refractivity contribution in [3.05, 3.63) is 10.6 Å². The van der Waals surface area contributed by atoms with Crippen molar-refractivity contribution in [2.75, 3.05) is 24.7 Å². The molecule has 1 saturated heterocycles. The molecule has 0 spiro atoms. The number of thiazole rings is 1. The largest absolute Gasteiger partial charge is 0.480 e. The normalized spacial score (nSPS) is 21.1. The minimum Gasteiger partial charge on any atom is -0.480 e. The second kappa shape index (κ2) is 4.39. The van der Waals surface area contributed by atoms with Crippen LogP contribution in [0.4, 0.5) is 5.13 Å². The maximum Gasteiger partial charge on any atom is 0.328 e. The van der Waals surface area contributed by atoms with Crippen LogP contribution in [-0.2, 0) is 9.53 Å². The molecule has 5 nitrogen and oxygen atoms in total. The predicted molar refractivity (Wildman–Crippen MR) is 61.2 cm³/mol. The summed E-state index contributed by atoms with van der Waals surface area (Å²) in [6, 6.07) is -0.612. The molecule has 1 aliphatic rings. The van der Waals surface area contributed by atoms with Gasteiger partial charge in [-0.3, -0.25) is 0 Å². The molecule has 1 aliphatic heterocycles. The van der Waals surface area contributed by atoms with Gasteiger partial charge in [-0.25, -0.2) is 9.78 Å². The smallest absolute Gasteiger partial charge is 0.328 e. The van der Waals surface area contributed by atoms with Crippen molar-refractivity contribution in [2.45, 2.75) is 19.9 Å². The van der Waals surface area contributed by atoms with Crippen molar-refractivity contribution >= 4 is 22.4 Å². The van der Waals surface area contributed by atoms with Crippen LogP contribution in [0.15, 0.2) is 0 Å². The molecule has 0 bridgehead atoms. The van der Waals surface area contributed by atoms with Crippen LogP contribution in [0.2, 0.25) is 0 Å². The molecule has 0 saturated carbocycles. The molecule has 2 heterocycles. The van der Waals surface area contributed by atoms with E-state index in [0.29, 0.717) is 13.2 Å². The fraction of sp³-hybridized carbons (Fsp3) is 0.600. The fourth-order valence-electron chi connectivity index (χ4n) is 1.62. The first kappa shape index (κ1) is 11.3. The van der Waals surface area contributed by atoms with E-state index in [1.54, 1.807) is 0 Å². The van der Waals surface area contributed by atoms with Gasteiger partial charge in [0.1, 0.15) is 0 Å². The lowest BCUT2D eigenvalue weighted by Gasteiger charge is -2.32. The summed E-state index contributed by atoms with van der Waals surface area (Å²) in [7, 11) is 0. The van der Waals surface area contributed by atoms with E-state index < -0.39 is 12.0 Å². The molecule has 1 unspecified atom stereocenters. The van der Waals surface area contributed by atoms with Gasteiger partial charge >= 0.3 is 5.97 Å². The summed E-state index contributed by atoms with van der Waals surface area (Å²) in [5.41, 5.74) is 0.968. The molecular weight excluding hydrogens is 228 g/mol. The van der Waals surface area contributed by atoms with Gasteiger partial charge in [-0.15, -0.1) is 11.3 Å². The monoisotopic (exact) mass is 242 g/mol. The zero-order chi connectivity index (χ0) is 11.7. The SMILES string of the molecule is Cc1nc(N2CCOCC2C(=O)O)sc1C. The van der Waals surface area contributed by atoms with E-state index in [1.165, 1.54) is 11.3 Å². The lowest BCUT2D eigenvalue weighted by atomic mass is 10.2. The summed E-state index contributed by atoms with van der Waals surface area (Å²) in [5, 5.41) is 9.88. The maximum atomic E-state index is 11.1. The summed E-state index contributed by atoms with van der Waals surface area (Å²) in [4.78, 5) is 18.4. The highest BCUT2D eigenvalue weighted by Crippen LogP contribution is 2.27. The van der Waals surface area contributed by atoms with Gasteiger partial charge in [-0.2, -0.15) is 0 Å². The lowest BCUT2D eigenvalue weighted by molar-refractivity contribution is -0.141. The van der Waals surface area contributed by atoms with E-state index in [9.17, 15) is 4.79 Å². The van der Waals surface area contributed by atoms with Crippen molar-refractivity contribution < 1.29 is 14.6 Å². The number of carbonyl (C=O) groups is 1. The van der Waals surface area contributed by atoms with Crippen molar-refractivity contribution in [3.63, 3.8) is 0 Å². The number of aryl methyl sites for hydroxylation is 2. The molecule has 1 N–H and O–H groups in total. The Morgan fingerprint density at radius 1 is 1.62 bits per heavy atom. The summed E-state index contributed by atoms with van der Waals surface area (Å²) in [6.45, 7) is 5.30. The van der Waals surface area contributed by atoms with Gasteiger partial charge in [0.05, 0.1) is 18.9 Å². The molecule has 2 rings (SSSR count). The minimum absolute atomic E-state index is 0.229. The standard InChI is InChI=1S/C10H14N2O3S/c1-6-7(2)16-10(11-6)12-3-4-15-5-8(12)9(13)14/h8H,3-5H2,1-2H3,(H,13,14). The molecule has 6 heteroatoms. The third kappa shape index (κ3) is 2.03. The number of ether oxygens (including phenoxy) is 1. The molecule has 16 heavy (non-hydrogen) atoms. The summed E-state index contributed by atoms with van der Waals surface area (Å²) in [6.07, 6.45) is 0. The first-order valence-corrected chi connectivity index (χ1v) is 5.92. The van der Waals surface area contributed by atoms with Crippen LogP contribution >= 0.6 is 11.3 Å². The lowest BCUT2D eigenvalue weighted by Crippen LogP contribution is -2.50. The van der Waals surface area contributed by atoms with Crippen molar-refractivity contribution in [3.8, 4) is 0 Å². The average Bonchev–Trinajstić information content (AvgIpc) is 2.59. The first-order chi connectivity index (χ1) is 7.59. The highest BCUT2D eigenvalue weighted by atomic mass is 32.1. The number of hydrogen-bond acceptors (Lipinski definition) is 5. The van der Waals surface area contributed by atoms with Gasteiger partial charge in [0, 0.05) is 11.4 Å². The predicted octanol–water partition coefficient (Wildman–Crippen LogP) is 1.05. The maximum absolute atomic E-state index is 11.1. The number of hydrogen-bond donors (Lipinski definition) is 1. The molecule has 0 aliphatic carbocycles. The molecule has 1 atom stereocenters. The number of aliphatic carboxylic acids is 1. The average molecular weight is 242 g/mol. The third-order valence-electron chi connectivity index (χ3n) is 2.68. The minimum atomic E-state index is -0.856. The van der Waals surface area contributed by atoms with E-state index in [0.717, 1.165) is 15.7 Å². The number of anilines is 1. The number of carboxylic acid groups (broad SMARTS) is 1. The number of nitrogens with zero attached hydrogens (tertiary/aromatic N) is 2. The topological polar surface area (TPSA) is 62.7 Å². The van der Waals surface area contributed by atoms with Crippen LogP contribution in [0.1, 0.15) is 10.6 Å². The number of aromatic nitrogens is 1. The Morgan fingerprint density at radius 2 is 2.38 bits per heavy atom. The molecule has 1 fully saturated rings. The Morgan fingerprint density at radius 3 is 2.94 bits per heavy atom. The molecule has 0 amide bonds. The van der Waals surface area contributed by atoms with Gasteiger partial charge < -0.3 is 14.7 Å². The highest BCUT2D eigenvalue weighted by molar-refractivity contribution is 7.15.